The minimum absolute atomic E-state index is 0.0254. The largest absolute Gasteiger partial charge is 0.573 e. The number of hydrogen-bond donors (Lipinski definition) is 3. The van der Waals surface area contributed by atoms with Gasteiger partial charge < -0.3 is 34.3 Å². The minimum Gasteiger partial charge on any atom is -0.406 e. The molecule has 2 aromatic carbocycles. The van der Waals surface area contributed by atoms with Crippen molar-refractivity contribution in [3.8, 4) is 33.8 Å². The minimum atomic E-state index is -4.76. The second kappa shape index (κ2) is 14.2. The zero-order chi connectivity index (χ0) is 34.6. The fourth-order valence-electron chi connectivity index (χ4n) is 5.54. The number of halogens is 7. The molecule has 2 unspecified atom stereocenters. The van der Waals surface area contributed by atoms with E-state index in [0.717, 1.165) is 0 Å². The standard InChI is InChI=1S/C16H14ClF3N2O2.C16H15F3N2O3/c17-5-4-12-8-21-15(23)14-7-11(9-22(12)14)10-2-1-3-13(6-10)24-16(18,19)20;17-16(18,19)24-13-3-1-2-10(6-13)11-7-14-15(23)20-8-12(4-5-22)21(14)9-11/h1-3,6-7,9,12H,4-5,8H2,(H,21,23);1-3,6-7,9,12,22H,4-5,8H2,(H,20,23). The lowest BCUT2D eigenvalue weighted by atomic mass is 10.1. The molecule has 9 nitrogen and oxygen atoms in total. The highest BCUT2D eigenvalue weighted by Gasteiger charge is 2.32. The summed E-state index contributed by atoms with van der Waals surface area (Å²) in [5.41, 5.74) is 3.18. The number of aliphatic hydroxyl groups excluding tert-OH is 1. The summed E-state index contributed by atoms with van der Waals surface area (Å²) in [6.45, 7) is 0.851. The van der Waals surface area contributed by atoms with E-state index < -0.39 is 12.7 Å². The summed E-state index contributed by atoms with van der Waals surface area (Å²) >= 11 is 5.79. The molecule has 16 heteroatoms. The van der Waals surface area contributed by atoms with Crippen molar-refractivity contribution in [2.75, 3.05) is 25.6 Å². The first-order chi connectivity index (χ1) is 22.7. The van der Waals surface area contributed by atoms with Crippen LogP contribution in [0.2, 0.25) is 0 Å². The van der Waals surface area contributed by atoms with Gasteiger partial charge in [0.15, 0.2) is 0 Å². The first-order valence-corrected chi connectivity index (χ1v) is 15.2. The normalized spacial score (nSPS) is 17.3. The van der Waals surface area contributed by atoms with E-state index in [0.29, 0.717) is 65.5 Å². The molecule has 0 saturated heterocycles. The van der Waals surface area contributed by atoms with Gasteiger partial charge in [0.1, 0.15) is 22.9 Å². The van der Waals surface area contributed by atoms with Gasteiger partial charge in [0.05, 0.1) is 12.1 Å². The highest BCUT2D eigenvalue weighted by atomic mass is 35.5. The Morgan fingerprint density at radius 2 is 1.15 bits per heavy atom. The number of carbonyl (C=O) groups excluding carboxylic acids is 2. The number of fused-ring (bicyclic) bond motifs is 2. The number of rotatable bonds is 8. The Morgan fingerprint density at radius 1 is 0.708 bits per heavy atom. The Balaban J connectivity index is 0.000000188. The molecule has 0 fully saturated rings. The predicted octanol–water partition coefficient (Wildman–Crippen LogP) is 6.69. The number of amides is 2. The number of hydrogen-bond acceptors (Lipinski definition) is 5. The molecule has 2 aliphatic rings. The highest BCUT2D eigenvalue weighted by Crippen LogP contribution is 2.33. The fourth-order valence-corrected chi connectivity index (χ4v) is 5.80. The molecule has 6 rings (SSSR count). The van der Waals surface area contributed by atoms with Crippen molar-refractivity contribution < 1.29 is 50.5 Å². The van der Waals surface area contributed by atoms with Gasteiger partial charge in [0.25, 0.3) is 11.8 Å². The van der Waals surface area contributed by atoms with E-state index in [1.807, 2.05) is 4.57 Å². The van der Waals surface area contributed by atoms with Crippen LogP contribution in [0.1, 0.15) is 45.9 Å². The zero-order valence-corrected chi connectivity index (χ0v) is 25.7. The third kappa shape index (κ3) is 8.44. The van der Waals surface area contributed by atoms with E-state index in [9.17, 15) is 35.9 Å². The highest BCUT2D eigenvalue weighted by molar-refractivity contribution is 6.17. The molecular weight excluding hydrogens is 670 g/mol. The SMILES string of the molecule is O=C1NCC(CCCl)n2cc(-c3cccc(OC(F)(F)F)c3)cc21.O=C1NCC(CCO)n2cc(-c3cccc(OC(F)(F)F)c3)cc21. The van der Waals surface area contributed by atoms with E-state index in [1.165, 1.54) is 36.4 Å². The van der Waals surface area contributed by atoms with Gasteiger partial charge >= 0.3 is 12.7 Å². The first kappa shape index (κ1) is 34.7. The summed E-state index contributed by atoms with van der Waals surface area (Å²) < 4.78 is 85.6. The van der Waals surface area contributed by atoms with Gasteiger partial charge in [-0.3, -0.25) is 9.59 Å². The van der Waals surface area contributed by atoms with Crippen LogP contribution in [0, 0.1) is 0 Å². The molecule has 0 spiro atoms. The van der Waals surface area contributed by atoms with E-state index in [1.54, 1.807) is 41.2 Å². The van der Waals surface area contributed by atoms with Gasteiger partial charge in [-0.15, -0.1) is 37.9 Å². The number of ether oxygens (including phenoxy) is 2. The molecule has 4 heterocycles. The summed E-state index contributed by atoms with van der Waals surface area (Å²) in [5.74, 6) is -0.637. The van der Waals surface area contributed by atoms with Crippen LogP contribution in [0.5, 0.6) is 11.5 Å². The van der Waals surface area contributed by atoms with Gasteiger partial charge in [-0.1, -0.05) is 24.3 Å². The van der Waals surface area contributed by atoms with Gasteiger partial charge in [0, 0.05) is 49.1 Å². The quantitative estimate of drug-likeness (QED) is 0.141. The number of aliphatic hydroxyl groups is 1. The van der Waals surface area contributed by atoms with E-state index in [4.69, 9.17) is 16.7 Å². The number of nitrogens with zero attached hydrogens (tertiary/aromatic N) is 2. The lowest BCUT2D eigenvalue weighted by Crippen LogP contribution is -2.38. The third-order valence-electron chi connectivity index (χ3n) is 7.65. The van der Waals surface area contributed by atoms with Gasteiger partial charge in [-0.25, -0.2) is 0 Å². The van der Waals surface area contributed by atoms with Crippen LogP contribution in [0.25, 0.3) is 22.3 Å². The van der Waals surface area contributed by atoms with E-state index >= 15 is 0 Å². The van der Waals surface area contributed by atoms with Crippen molar-refractivity contribution in [1.29, 1.82) is 0 Å². The number of carbonyl (C=O) groups is 2. The predicted molar refractivity (Wildman–Crippen MR) is 163 cm³/mol. The molecule has 0 saturated carbocycles. The molecule has 256 valence electrons. The molecule has 2 aromatic heterocycles. The maximum Gasteiger partial charge on any atom is 0.573 e. The molecule has 0 radical (unpaired) electrons. The van der Waals surface area contributed by atoms with Crippen molar-refractivity contribution in [3.05, 3.63) is 84.4 Å². The lowest BCUT2D eigenvalue weighted by Gasteiger charge is -2.25. The van der Waals surface area contributed by atoms with Crippen molar-refractivity contribution in [3.63, 3.8) is 0 Å². The second-order valence-electron chi connectivity index (χ2n) is 10.9. The van der Waals surface area contributed by atoms with Crippen LogP contribution in [-0.4, -0.2) is 64.4 Å². The number of benzene rings is 2. The molecule has 2 atom stereocenters. The molecule has 2 amide bonds. The summed E-state index contributed by atoms with van der Waals surface area (Å²) in [4.78, 5) is 24.0. The Hall–Kier alpha value is -4.63. The molecule has 0 aliphatic carbocycles. The van der Waals surface area contributed by atoms with E-state index in [-0.39, 0.29) is 42.0 Å². The molecule has 3 N–H and O–H groups in total. The maximum absolute atomic E-state index is 12.4. The van der Waals surface area contributed by atoms with Crippen LogP contribution >= 0.6 is 11.6 Å². The summed E-state index contributed by atoms with van der Waals surface area (Å²) in [7, 11) is 0. The van der Waals surface area contributed by atoms with Gasteiger partial charge in [-0.05, 0) is 60.4 Å². The average Bonchev–Trinajstić information content (AvgIpc) is 3.67. The Morgan fingerprint density at radius 3 is 1.54 bits per heavy atom. The molecule has 0 bridgehead atoms. The monoisotopic (exact) mass is 698 g/mol. The van der Waals surface area contributed by atoms with Crippen LogP contribution in [0.3, 0.4) is 0 Å². The number of nitrogens with one attached hydrogen (secondary N) is 2. The lowest BCUT2D eigenvalue weighted by molar-refractivity contribution is -0.275. The third-order valence-corrected chi connectivity index (χ3v) is 7.87. The van der Waals surface area contributed by atoms with Gasteiger partial charge in [-0.2, -0.15) is 0 Å². The van der Waals surface area contributed by atoms with Crippen LogP contribution in [0.15, 0.2) is 73.1 Å². The number of alkyl halides is 7. The molecular formula is C32H29ClF6N4O5. The Kier molecular flexibility index (Phi) is 10.3. The first-order valence-electron chi connectivity index (χ1n) is 14.6. The van der Waals surface area contributed by atoms with Crippen LogP contribution < -0.4 is 20.1 Å². The summed E-state index contributed by atoms with van der Waals surface area (Å²) in [6.07, 6.45) is -4.88. The maximum atomic E-state index is 12.4. The van der Waals surface area contributed by atoms with Crippen molar-refractivity contribution in [2.45, 2.75) is 37.7 Å². The van der Waals surface area contributed by atoms with Crippen molar-refractivity contribution >= 4 is 23.4 Å². The fraction of sp³-hybridized carbons (Fsp3) is 0.312. The topological polar surface area (TPSA) is 107 Å². The van der Waals surface area contributed by atoms with Crippen molar-refractivity contribution in [2.24, 2.45) is 0 Å². The average molecular weight is 699 g/mol. The van der Waals surface area contributed by atoms with Crippen molar-refractivity contribution in [1.82, 2.24) is 19.8 Å². The zero-order valence-electron chi connectivity index (χ0n) is 24.9. The Bertz CT molecular complexity index is 1640. The summed E-state index contributed by atoms with van der Waals surface area (Å²) in [5, 5.41) is 14.7. The molecule has 2 aliphatic heterocycles. The van der Waals surface area contributed by atoms with Gasteiger partial charge in [0.2, 0.25) is 0 Å². The molecule has 4 aromatic rings. The second-order valence-corrected chi connectivity index (χ2v) is 11.3. The summed E-state index contributed by atoms with van der Waals surface area (Å²) in [6, 6.07) is 14.5. The van der Waals surface area contributed by atoms with Crippen LogP contribution in [0.4, 0.5) is 26.3 Å². The van der Waals surface area contributed by atoms with E-state index in [2.05, 4.69) is 20.1 Å². The van der Waals surface area contributed by atoms with Crippen LogP contribution in [-0.2, 0) is 0 Å². The number of aromatic nitrogens is 2. The smallest absolute Gasteiger partial charge is 0.406 e. The molecule has 48 heavy (non-hydrogen) atoms. The Labute approximate surface area is 275 Å².